The van der Waals surface area contributed by atoms with Crippen molar-refractivity contribution < 1.29 is 0 Å². The van der Waals surface area contributed by atoms with Gasteiger partial charge in [-0.05, 0) is 25.9 Å². The Kier molecular flexibility index (Phi) is 3.09. The van der Waals surface area contributed by atoms with E-state index in [9.17, 15) is 0 Å². The average Bonchev–Trinajstić information content (AvgIpc) is 2.34. The summed E-state index contributed by atoms with van der Waals surface area (Å²) >= 11 is 6.56. The molecule has 1 rings (SSSR count). The smallest absolute Gasteiger partial charge is 0.158 e. The lowest BCUT2D eigenvalue weighted by Crippen LogP contribution is -2.62. The average molecular weight is 222 g/mol. The molecule has 0 unspecified atom stereocenters. The number of hydrogen-bond acceptors (Lipinski definition) is 1. The van der Waals surface area contributed by atoms with Crippen molar-refractivity contribution in [1.29, 1.82) is 0 Å². The van der Waals surface area contributed by atoms with E-state index in [1.165, 1.54) is 25.9 Å². The van der Waals surface area contributed by atoms with Crippen LogP contribution in [0.1, 0.15) is 12.8 Å². The molecule has 0 radical (unpaired) electrons. The van der Waals surface area contributed by atoms with Gasteiger partial charge in [0.15, 0.2) is 6.90 Å². The highest BCUT2D eigenvalue weighted by Gasteiger charge is 2.45. The zero-order valence-electron chi connectivity index (χ0n) is 8.65. The van der Waals surface area contributed by atoms with E-state index in [4.69, 9.17) is 11.1 Å². The fourth-order valence-electron chi connectivity index (χ4n) is 1.65. The van der Waals surface area contributed by atoms with E-state index in [2.05, 4.69) is 30.8 Å². The molecule has 12 heavy (non-hydrogen) atoms. The number of hydrogen-bond donors (Lipinski definition) is 0. The minimum Gasteiger partial charge on any atom is -0.325 e. The maximum Gasteiger partial charge on any atom is 0.158 e. The lowest BCUT2D eigenvalue weighted by molar-refractivity contribution is 0.532. The van der Waals surface area contributed by atoms with E-state index in [1.807, 2.05) is 0 Å². The van der Waals surface area contributed by atoms with Crippen LogP contribution in [-0.2, 0) is 0 Å². The van der Waals surface area contributed by atoms with Gasteiger partial charge in [0.2, 0.25) is 0 Å². The molecule has 0 amide bonds. The summed E-state index contributed by atoms with van der Waals surface area (Å²) in [5, 5.41) is 0. The maximum absolute atomic E-state index is 6.56. The normalized spacial score (nSPS) is 21.8. The highest BCUT2D eigenvalue weighted by Crippen LogP contribution is 2.28. The summed E-state index contributed by atoms with van der Waals surface area (Å²) < 4.78 is 2.70. The van der Waals surface area contributed by atoms with Crippen LogP contribution in [0.4, 0.5) is 0 Å². The van der Waals surface area contributed by atoms with E-state index < -0.39 is 14.7 Å². The standard InChI is InChI=1S/C8H20ClNSi2/c1-11(2,9)12(3,4)10-7-5-6-8-10/h5-8H2,1-4H3. The Hall–Kier alpha value is 0.684. The Bertz CT molecular complexity index is 159. The number of rotatable bonds is 2. The molecule has 0 aromatic carbocycles. The molecule has 1 nitrogen and oxygen atoms in total. The third-order valence-corrected chi connectivity index (χ3v) is 22.1. The van der Waals surface area contributed by atoms with E-state index in [0.717, 1.165) is 0 Å². The molecule has 0 aliphatic carbocycles. The van der Waals surface area contributed by atoms with Crippen LogP contribution in [-0.4, -0.2) is 32.3 Å². The first-order valence-electron chi connectivity index (χ1n) is 4.80. The topological polar surface area (TPSA) is 3.24 Å². The largest absolute Gasteiger partial charge is 0.325 e. The van der Waals surface area contributed by atoms with Crippen LogP contribution in [0.15, 0.2) is 0 Å². The highest BCUT2D eigenvalue weighted by atomic mass is 35.6. The molecule has 0 N–H and O–H groups in total. The quantitative estimate of drug-likeness (QED) is 0.512. The summed E-state index contributed by atoms with van der Waals surface area (Å²) in [5.41, 5.74) is 0. The van der Waals surface area contributed by atoms with Crippen LogP contribution < -0.4 is 0 Å². The lowest BCUT2D eigenvalue weighted by Gasteiger charge is -2.40. The van der Waals surface area contributed by atoms with E-state index in [0.29, 0.717) is 0 Å². The third-order valence-electron chi connectivity index (χ3n) is 3.35. The van der Waals surface area contributed by atoms with Crippen LogP contribution in [0.3, 0.4) is 0 Å². The molecule has 0 saturated carbocycles. The fraction of sp³-hybridized carbons (Fsp3) is 1.00. The van der Waals surface area contributed by atoms with Crippen molar-refractivity contribution in [1.82, 2.24) is 4.57 Å². The Morgan fingerprint density at radius 3 is 1.75 bits per heavy atom. The Morgan fingerprint density at radius 2 is 1.42 bits per heavy atom. The molecule has 72 valence electrons. The maximum atomic E-state index is 6.56. The highest BCUT2D eigenvalue weighted by molar-refractivity contribution is 7.57. The van der Waals surface area contributed by atoms with Gasteiger partial charge in [0, 0.05) is 0 Å². The van der Waals surface area contributed by atoms with Gasteiger partial charge in [-0.25, -0.2) is 0 Å². The van der Waals surface area contributed by atoms with E-state index >= 15 is 0 Å². The molecule has 0 bridgehead atoms. The Labute approximate surface area is 82.7 Å². The van der Waals surface area contributed by atoms with Gasteiger partial charge < -0.3 is 4.57 Å². The predicted molar refractivity (Wildman–Crippen MR) is 61.6 cm³/mol. The molecule has 0 aromatic rings. The molecule has 1 aliphatic heterocycles. The van der Waals surface area contributed by atoms with Crippen molar-refractivity contribution >= 4 is 25.7 Å². The van der Waals surface area contributed by atoms with Gasteiger partial charge in [-0.3, -0.25) is 0 Å². The second kappa shape index (κ2) is 3.44. The van der Waals surface area contributed by atoms with Gasteiger partial charge >= 0.3 is 0 Å². The minimum absolute atomic E-state index is 1.23. The number of nitrogens with zero attached hydrogens (tertiary/aromatic N) is 1. The first-order valence-corrected chi connectivity index (χ1v) is 12.8. The summed E-state index contributed by atoms with van der Waals surface area (Å²) in [6, 6.07) is 0. The molecule has 1 aliphatic rings. The van der Waals surface area contributed by atoms with Crippen LogP contribution in [0.2, 0.25) is 26.2 Å². The summed E-state index contributed by atoms with van der Waals surface area (Å²) in [5.74, 6) is 0. The van der Waals surface area contributed by atoms with Gasteiger partial charge in [-0.15, -0.1) is 0 Å². The minimum atomic E-state index is -1.41. The number of halogens is 1. The van der Waals surface area contributed by atoms with Crippen LogP contribution >= 0.6 is 11.1 Å². The fourth-order valence-corrected chi connectivity index (χ4v) is 7.84. The molecule has 0 aromatic heterocycles. The molecule has 0 spiro atoms. The summed E-state index contributed by atoms with van der Waals surface area (Å²) in [6.45, 7) is 10.7. The molecule has 4 heteroatoms. The van der Waals surface area contributed by atoms with Crippen molar-refractivity contribution in [3.8, 4) is 0 Å². The van der Waals surface area contributed by atoms with Crippen molar-refractivity contribution in [3.05, 3.63) is 0 Å². The van der Waals surface area contributed by atoms with E-state index in [-0.39, 0.29) is 0 Å². The van der Waals surface area contributed by atoms with Gasteiger partial charge in [-0.2, -0.15) is 11.1 Å². The zero-order chi connectivity index (χ0) is 9.41. The van der Waals surface area contributed by atoms with Gasteiger partial charge in [-0.1, -0.05) is 26.2 Å². The van der Waals surface area contributed by atoms with E-state index in [1.54, 1.807) is 0 Å². The summed E-state index contributed by atoms with van der Waals surface area (Å²) in [7, 11) is -1.23. The Balaban J connectivity index is 2.69. The molecular formula is C8H20ClNSi2. The Morgan fingerprint density at radius 1 is 1.00 bits per heavy atom. The zero-order valence-corrected chi connectivity index (χ0v) is 11.4. The lowest BCUT2D eigenvalue weighted by atomic mass is 10.4. The molecule has 1 heterocycles. The second-order valence-electron chi connectivity index (χ2n) is 4.73. The van der Waals surface area contributed by atoms with Crippen LogP contribution in [0.25, 0.3) is 0 Å². The molecule has 0 atom stereocenters. The van der Waals surface area contributed by atoms with Gasteiger partial charge in [0.05, 0.1) is 0 Å². The third kappa shape index (κ3) is 1.95. The first kappa shape index (κ1) is 10.8. The molecule has 1 fully saturated rings. The molecular weight excluding hydrogens is 202 g/mol. The first-order chi connectivity index (χ1) is 5.36. The van der Waals surface area contributed by atoms with Crippen LogP contribution in [0, 0.1) is 0 Å². The van der Waals surface area contributed by atoms with Crippen molar-refractivity contribution in [3.63, 3.8) is 0 Å². The van der Waals surface area contributed by atoms with Crippen molar-refractivity contribution in [2.24, 2.45) is 0 Å². The van der Waals surface area contributed by atoms with Crippen LogP contribution in [0.5, 0.6) is 0 Å². The monoisotopic (exact) mass is 221 g/mol. The van der Waals surface area contributed by atoms with Gasteiger partial charge in [0.1, 0.15) is 7.75 Å². The van der Waals surface area contributed by atoms with Crippen molar-refractivity contribution in [2.75, 3.05) is 13.1 Å². The second-order valence-corrected chi connectivity index (χ2v) is 22.6. The summed E-state index contributed by atoms with van der Waals surface area (Å²) in [6.07, 6.45) is 2.77. The SMILES string of the molecule is C[Si](C)(Cl)[Si](C)(C)N1CCCC1. The van der Waals surface area contributed by atoms with Crippen molar-refractivity contribution in [2.45, 2.75) is 39.0 Å². The predicted octanol–water partition coefficient (Wildman–Crippen LogP) is 2.81. The summed E-state index contributed by atoms with van der Waals surface area (Å²) in [4.78, 5) is 0. The molecule has 1 saturated heterocycles. The van der Waals surface area contributed by atoms with Gasteiger partial charge in [0.25, 0.3) is 0 Å².